The van der Waals surface area contributed by atoms with Gasteiger partial charge in [-0.25, -0.2) is 8.42 Å². The monoisotopic (exact) mass is 256 g/mol. The number of aromatic nitrogens is 1. The predicted molar refractivity (Wildman–Crippen MR) is 69.1 cm³/mol. The molecule has 0 amide bonds. The number of nitrogens with two attached hydrogens (primary N) is 1. The third-order valence-electron chi connectivity index (χ3n) is 2.71. The van der Waals surface area contributed by atoms with Crippen LogP contribution in [0.5, 0.6) is 0 Å². The van der Waals surface area contributed by atoms with Crippen LogP contribution in [-0.4, -0.2) is 19.2 Å². The SMILES string of the molecule is CCC(C)CS(=O)(=O)Cc1ccnc(CN)c1. The normalized spacial score (nSPS) is 13.6. The summed E-state index contributed by atoms with van der Waals surface area (Å²) in [5, 5.41) is 0. The first-order valence-corrected chi connectivity index (χ1v) is 7.63. The smallest absolute Gasteiger partial charge is 0.154 e. The number of rotatable bonds is 6. The van der Waals surface area contributed by atoms with E-state index in [9.17, 15) is 8.42 Å². The minimum atomic E-state index is -3.04. The van der Waals surface area contributed by atoms with Crippen molar-refractivity contribution >= 4 is 9.84 Å². The van der Waals surface area contributed by atoms with Gasteiger partial charge in [-0.05, 0) is 23.6 Å². The van der Waals surface area contributed by atoms with Crippen LogP contribution in [0.4, 0.5) is 0 Å². The Morgan fingerprint density at radius 1 is 1.47 bits per heavy atom. The summed E-state index contributed by atoms with van der Waals surface area (Å²) in [5.41, 5.74) is 6.96. The van der Waals surface area contributed by atoms with Crippen molar-refractivity contribution in [1.82, 2.24) is 4.98 Å². The lowest BCUT2D eigenvalue weighted by atomic mass is 10.2. The number of pyridine rings is 1. The summed E-state index contributed by atoms with van der Waals surface area (Å²) in [7, 11) is -3.04. The Morgan fingerprint density at radius 3 is 2.76 bits per heavy atom. The highest BCUT2D eigenvalue weighted by Gasteiger charge is 2.15. The minimum Gasteiger partial charge on any atom is -0.325 e. The number of hydrogen-bond donors (Lipinski definition) is 1. The zero-order chi connectivity index (χ0) is 12.9. The highest BCUT2D eigenvalue weighted by atomic mass is 32.2. The van der Waals surface area contributed by atoms with Crippen molar-refractivity contribution in [1.29, 1.82) is 0 Å². The van der Waals surface area contributed by atoms with Crippen LogP contribution >= 0.6 is 0 Å². The molecule has 0 spiro atoms. The average Bonchev–Trinajstić information content (AvgIpc) is 2.27. The molecule has 1 rings (SSSR count). The molecule has 1 atom stereocenters. The predicted octanol–water partition coefficient (Wildman–Crippen LogP) is 1.50. The van der Waals surface area contributed by atoms with Crippen LogP contribution in [0.25, 0.3) is 0 Å². The highest BCUT2D eigenvalue weighted by molar-refractivity contribution is 7.90. The molecule has 1 unspecified atom stereocenters. The van der Waals surface area contributed by atoms with Crippen LogP contribution in [0.15, 0.2) is 18.3 Å². The number of nitrogens with zero attached hydrogens (tertiary/aromatic N) is 1. The summed E-state index contributed by atoms with van der Waals surface area (Å²) >= 11 is 0. The zero-order valence-corrected chi connectivity index (χ0v) is 11.2. The first-order valence-electron chi connectivity index (χ1n) is 5.81. The van der Waals surface area contributed by atoms with E-state index in [1.54, 1.807) is 18.3 Å². The fourth-order valence-electron chi connectivity index (χ4n) is 1.59. The Hall–Kier alpha value is -0.940. The highest BCUT2D eigenvalue weighted by Crippen LogP contribution is 2.12. The third-order valence-corrected chi connectivity index (χ3v) is 4.56. The molecule has 0 aliphatic heterocycles. The molecule has 1 heterocycles. The first kappa shape index (κ1) is 14.1. The van der Waals surface area contributed by atoms with Gasteiger partial charge in [-0.1, -0.05) is 20.3 Å². The van der Waals surface area contributed by atoms with Crippen molar-refractivity contribution in [3.63, 3.8) is 0 Å². The lowest BCUT2D eigenvalue weighted by Crippen LogP contribution is -2.15. The van der Waals surface area contributed by atoms with E-state index in [4.69, 9.17) is 5.73 Å². The molecule has 1 aromatic heterocycles. The zero-order valence-electron chi connectivity index (χ0n) is 10.4. The van der Waals surface area contributed by atoms with Gasteiger partial charge in [0.25, 0.3) is 0 Å². The van der Waals surface area contributed by atoms with Crippen LogP contribution in [0.3, 0.4) is 0 Å². The quantitative estimate of drug-likeness (QED) is 0.837. The summed E-state index contributed by atoms with van der Waals surface area (Å²) in [5.74, 6) is 0.521. The van der Waals surface area contributed by atoms with Crippen LogP contribution in [0.1, 0.15) is 31.5 Å². The topological polar surface area (TPSA) is 73.0 Å². The summed E-state index contributed by atoms with van der Waals surface area (Å²) in [6, 6.07) is 3.49. The molecule has 96 valence electrons. The van der Waals surface area contributed by atoms with E-state index in [1.807, 2.05) is 13.8 Å². The van der Waals surface area contributed by atoms with E-state index in [2.05, 4.69) is 4.98 Å². The van der Waals surface area contributed by atoms with Crippen molar-refractivity contribution in [3.8, 4) is 0 Å². The minimum absolute atomic E-state index is 0.0762. The molecule has 2 N–H and O–H groups in total. The molecular weight excluding hydrogens is 236 g/mol. The van der Waals surface area contributed by atoms with Gasteiger partial charge in [0.05, 0.1) is 17.2 Å². The van der Waals surface area contributed by atoms with Gasteiger partial charge in [0.15, 0.2) is 9.84 Å². The van der Waals surface area contributed by atoms with E-state index >= 15 is 0 Å². The molecule has 1 aromatic rings. The standard InChI is InChI=1S/C12H20N2O2S/c1-3-10(2)8-17(15,16)9-11-4-5-14-12(6-11)7-13/h4-6,10H,3,7-9,13H2,1-2H3. The van der Waals surface area contributed by atoms with Gasteiger partial charge in [-0.3, -0.25) is 4.98 Å². The molecule has 5 heteroatoms. The number of sulfone groups is 1. The van der Waals surface area contributed by atoms with E-state index in [1.165, 1.54) is 0 Å². The van der Waals surface area contributed by atoms with Gasteiger partial charge in [-0.2, -0.15) is 0 Å². The van der Waals surface area contributed by atoms with E-state index in [0.29, 0.717) is 6.54 Å². The summed E-state index contributed by atoms with van der Waals surface area (Å²) in [6.45, 7) is 4.29. The Balaban J connectivity index is 2.75. The Kier molecular flexibility index (Phi) is 5.08. The van der Waals surface area contributed by atoms with E-state index < -0.39 is 9.84 Å². The van der Waals surface area contributed by atoms with Crippen molar-refractivity contribution in [2.45, 2.75) is 32.6 Å². The van der Waals surface area contributed by atoms with Gasteiger partial charge in [0, 0.05) is 12.7 Å². The molecule has 4 nitrogen and oxygen atoms in total. The maximum absolute atomic E-state index is 11.9. The van der Waals surface area contributed by atoms with Crippen molar-refractivity contribution in [2.24, 2.45) is 11.7 Å². The molecule has 0 aliphatic rings. The van der Waals surface area contributed by atoms with Crippen LogP contribution in [0, 0.1) is 5.92 Å². The lowest BCUT2D eigenvalue weighted by Gasteiger charge is -2.09. The summed E-state index contributed by atoms with van der Waals surface area (Å²) in [6.07, 6.45) is 2.49. The third kappa shape index (κ3) is 4.83. The van der Waals surface area contributed by atoms with Gasteiger partial charge in [-0.15, -0.1) is 0 Å². The fraction of sp³-hybridized carbons (Fsp3) is 0.583. The van der Waals surface area contributed by atoms with Gasteiger partial charge >= 0.3 is 0 Å². The molecular formula is C12H20N2O2S. The van der Waals surface area contributed by atoms with Gasteiger partial charge in [0.1, 0.15) is 0 Å². The Labute approximate surface area is 103 Å². The Bertz CT molecular complexity index is 457. The molecule has 0 saturated heterocycles. The van der Waals surface area contributed by atoms with Crippen molar-refractivity contribution in [2.75, 3.05) is 5.75 Å². The maximum atomic E-state index is 11.9. The van der Waals surface area contributed by atoms with Crippen molar-refractivity contribution in [3.05, 3.63) is 29.6 Å². The Morgan fingerprint density at radius 2 is 2.18 bits per heavy atom. The fourth-order valence-corrected chi connectivity index (χ4v) is 3.50. The average molecular weight is 256 g/mol. The molecule has 0 aliphatic carbocycles. The van der Waals surface area contributed by atoms with Crippen LogP contribution in [0.2, 0.25) is 0 Å². The maximum Gasteiger partial charge on any atom is 0.154 e. The molecule has 0 bridgehead atoms. The molecule has 17 heavy (non-hydrogen) atoms. The second-order valence-corrected chi connectivity index (χ2v) is 6.54. The summed E-state index contributed by atoms with van der Waals surface area (Å²) in [4.78, 5) is 4.05. The van der Waals surface area contributed by atoms with Gasteiger partial charge in [0.2, 0.25) is 0 Å². The first-order chi connectivity index (χ1) is 7.96. The van der Waals surface area contributed by atoms with Crippen LogP contribution in [-0.2, 0) is 22.1 Å². The number of hydrogen-bond acceptors (Lipinski definition) is 4. The largest absolute Gasteiger partial charge is 0.325 e. The van der Waals surface area contributed by atoms with E-state index in [-0.39, 0.29) is 17.4 Å². The lowest BCUT2D eigenvalue weighted by molar-refractivity contribution is 0.563. The molecule has 0 radical (unpaired) electrons. The van der Waals surface area contributed by atoms with Crippen LogP contribution < -0.4 is 5.73 Å². The second-order valence-electron chi connectivity index (χ2n) is 4.43. The second kappa shape index (κ2) is 6.12. The van der Waals surface area contributed by atoms with E-state index in [0.717, 1.165) is 17.7 Å². The van der Waals surface area contributed by atoms with Crippen molar-refractivity contribution < 1.29 is 8.42 Å². The molecule has 0 aromatic carbocycles. The molecule has 0 saturated carbocycles. The summed E-state index contributed by atoms with van der Waals surface area (Å²) < 4.78 is 23.8. The van der Waals surface area contributed by atoms with Gasteiger partial charge < -0.3 is 5.73 Å². The molecule has 0 fully saturated rings.